The molecule has 2 aromatic rings. The zero-order chi connectivity index (χ0) is 12.4. The lowest BCUT2D eigenvalue weighted by atomic mass is 10.1. The van der Waals surface area contributed by atoms with Crippen molar-refractivity contribution in [1.82, 2.24) is 5.16 Å². The van der Waals surface area contributed by atoms with Crippen LogP contribution in [0.3, 0.4) is 0 Å². The highest BCUT2D eigenvalue weighted by Gasteiger charge is 2.19. The summed E-state index contributed by atoms with van der Waals surface area (Å²) in [5, 5.41) is 3.50. The monoisotopic (exact) mass is 240 g/mol. The van der Waals surface area contributed by atoms with Gasteiger partial charge in [-0.25, -0.2) is 8.78 Å². The van der Waals surface area contributed by atoms with Crippen LogP contribution in [0, 0.1) is 0 Å². The highest BCUT2D eigenvalue weighted by atomic mass is 19.3. The van der Waals surface area contributed by atoms with Gasteiger partial charge in [-0.15, -0.1) is 0 Å². The minimum atomic E-state index is -2.62. The Bertz CT molecular complexity index is 526. The average Bonchev–Trinajstić information content (AvgIpc) is 2.74. The number of methoxy groups -OCH3 is 1. The molecule has 0 spiro atoms. The fourth-order valence-corrected chi connectivity index (χ4v) is 1.56. The first-order valence-electron chi connectivity index (χ1n) is 4.81. The first-order valence-corrected chi connectivity index (χ1v) is 4.81. The number of aromatic nitrogens is 1. The molecule has 17 heavy (non-hydrogen) atoms. The van der Waals surface area contributed by atoms with Gasteiger partial charge in [0.2, 0.25) is 0 Å². The van der Waals surface area contributed by atoms with Gasteiger partial charge in [0, 0.05) is 6.07 Å². The number of rotatable bonds is 3. The maximum Gasteiger partial charge on any atom is 0.267 e. The summed E-state index contributed by atoms with van der Waals surface area (Å²) in [6.45, 7) is 0. The van der Waals surface area contributed by atoms with E-state index in [2.05, 4.69) is 5.16 Å². The normalized spacial score (nSPS) is 10.8. The first kappa shape index (κ1) is 11.4. The van der Waals surface area contributed by atoms with Gasteiger partial charge in [-0.3, -0.25) is 0 Å². The van der Waals surface area contributed by atoms with Crippen LogP contribution >= 0.6 is 0 Å². The first-order chi connectivity index (χ1) is 8.13. The Hall–Kier alpha value is -2.11. The Balaban J connectivity index is 2.58. The van der Waals surface area contributed by atoms with Crippen molar-refractivity contribution in [2.75, 3.05) is 12.8 Å². The number of nitrogens with two attached hydrogens (primary N) is 1. The fourth-order valence-electron chi connectivity index (χ4n) is 1.56. The predicted molar refractivity (Wildman–Crippen MR) is 57.9 cm³/mol. The van der Waals surface area contributed by atoms with E-state index in [1.165, 1.54) is 25.3 Å². The van der Waals surface area contributed by atoms with E-state index in [4.69, 9.17) is 15.0 Å². The third kappa shape index (κ3) is 2.06. The minimum absolute atomic E-state index is 0.0682. The summed E-state index contributed by atoms with van der Waals surface area (Å²) in [4.78, 5) is 0. The number of nitrogen functional groups attached to an aromatic ring is 1. The Morgan fingerprint density at radius 2 is 2.18 bits per heavy atom. The zero-order valence-corrected chi connectivity index (χ0v) is 8.98. The summed E-state index contributed by atoms with van der Waals surface area (Å²) in [7, 11) is 1.32. The second-order valence-electron chi connectivity index (χ2n) is 3.34. The largest absolute Gasteiger partial charge is 0.495 e. The van der Waals surface area contributed by atoms with Crippen molar-refractivity contribution < 1.29 is 18.0 Å². The second-order valence-corrected chi connectivity index (χ2v) is 3.34. The number of alkyl halides is 2. The smallest absolute Gasteiger partial charge is 0.267 e. The molecule has 2 rings (SSSR count). The molecule has 0 aliphatic rings. The lowest BCUT2D eigenvalue weighted by Gasteiger charge is -2.10. The van der Waals surface area contributed by atoms with Crippen LogP contribution < -0.4 is 10.5 Å². The molecule has 0 unspecified atom stereocenters. The summed E-state index contributed by atoms with van der Waals surface area (Å²) in [5.74, 6) is 0.546. The van der Waals surface area contributed by atoms with Gasteiger partial charge >= 0.3 is 0 Å². The molecule has 0 saturated carbocycles. The summed E-state index contributed by atoms with van der Waals surface area (Å²) < 4.78 is 35.4. The molecule has 0 aliphatic heterocycles. The lowest BCUT2D eigenvalue weighted by Crippen LogP contribution is -1.94. The molecule has 6 heteroatoms. The van der Waals surface area contributed by atoms with E-state index < -0.39 is 6.43 Å². The molecule has 0 aliphatic carbocycles. The lowest BCUT2D eigenvalue weighted by molar-refractivity contribution is 0.147. The number of para-hydroxylation sites is 1. The zero-order valence-electron chi connectivity index (χ0n) is 8.98. The van der Waals surface area contributed by atoms with Gasteiger partial charge < -0.3 is 15.0 Å². The SMILES string of the molecule is COc1c(-c2cc(N)no2)cccc1C(F)F. The van der Waals surface area contributed by atoms with E-state index in [0.29, 0.717) is 11.3 Å². The van der Waals surface area contributed by atoms with Gasteiger partial charge in [-0.05, 0) is 12.1 Å². The molecule has 1 aromatic heterocycles. The Morgan fingerprint density at radius 3 is 2.71 bits per heavy atom. The summed E-state index contributed by atoms with van der Waals surface area (Å²) in [6.07, 6.45) is -2.62. The van der Waals surface area contributed by atoms with E-state index in [1.54, 1.807) is 6.07 Å². The van der Waals surface area contributed by atoms with Crippen molar-refractivity contribution in [3.63, 3.8) is 0 Å². The van der Waals surface area contributed by atoms with Crippen LogP contribution in [-0.4, -0.2) is 12.3 Å². The van der Waals surface area contributed by atoms with E-state index in [9.17, 15) is 8.78 Å². The number of nitrogens with zero attached hydrogens (tertiary/aromatic N) is 1. The molecule has 0 fully saturated rings. The number of anilines is 1. The van der Waals surface area contributed by atoms with Gasteiger partial charge in [0.1, 0.15) is 5.75 Å². The standard InChI is InChI=1S/C11H10F2N2O2/c1-16-10-6(8-5-9(14)15-17-8)3-2-4-7(10)11(12)13/h2-5,11H,1H3,(H2,14,15). The van der Waals surface area contributed by atoms with Gasteiger partial charge in [-0.1, -0.05) is 11.2 Å². The van der Waals surface area contributed by atoms with Crippen LogP contribution in [0.5, 0.6) is 5.75 Å². The minimum Gasteiger partial charge on any atom is -0.495 e. The van der Waals surface area contributed by atoms with Crippen LogP contribution in [0.2, 0.25) is 0 Å². The molecule has 0 bridgehead atoms. The van der Waals surface area contributed by atoms with Crippen molar-refractivity contribution in [3.05, 3.63) is 29.8 Å². The average molecular weight is 240 g/mol. The number of hydrogen-bond donors (Lipinski definition) is 1. The quantitative estimate of drug-likeness (QED) is 0.896. The second kappa shape index (κ2) is 4.40. The van der Waals surface area contributed by atoms with Crippen molar-refractivity contribution in [2.24, 2.45) is 0 Å². The molecule has 90 valence electrons. The number of hydrogen-bond acceptors (Lipinski definition) is 4. The van der Waals surface area contributed by atoms with Crippen molar-refractivity contribution in [2.45, 2.75) is 6.43 Å². The molecule has 2 N–H and O–H groups in total. The summed E-state index contributed by atoms with van der Waals surface area (Å²) >= 11 is 0. The molecule has 0 atom stereocenters. The van der Waals surface area contributed by atoms with Crippen molar-refractivity contribution >= 4 is 5.82 Å². The van der Waals surface area contributed by atoms with Gasteiger partial charge in [0.25, 0.3) is 6.43 Å². The Labute approximate surface area is 96.0 Å². The van der Waals surface area contributed by atoms with E-state index in [1.807, 2.05) is 0 Å². The van der Waals surface area contributed by atoms with Crippen LogP contribution in [0.1, 0.15) is 12.0 Å². The number of ether oxygens (including phenoxy) is 1. The maximum atomic E-state index is 12.8. The number of benzene rings is 1. The number of halogens is 2. The highest BCUT2D eigenvalue weighted by molar-refractivity contribution is 5.69. The third-order valence-corrected chi connectivity index (χ3v) is 2.28. The summed E-state index contributed by atoms with van der Waals surface area (Å²) in [6, 6.07) is 5.85. The molecule has 1 heterocycles. The molecular weight excluding hydrogens is 230 g/mol. The van der Waals surface area contributed by atoms with Crippen molar-refractivity contribution in [1.29, 1.82) is 0 Å². The molecule has 0 radical (unpaired) electrons. The molecule has 0 saturated heterocycles. The molecule has 1 aromatic carbocycles. The summed E-state index contributed by atoms with van der Waals surface area (Å²) in [5.41, 5.74) is 5.61. The molecular formula is C11H10F2N2O2. The van der Waals surface area contributed by atoms with E-state index in [0.717, 1.165) is 0 Å². The van der Waals surface area contributed by atoms with Crippen LogP contribution in [0.4, 0.5) is 14.6 Å². The van der Waals surface area contributed by atoms with Crippen LogP contribution in [0.15, 0.2) is 28.8 Å². The van der Waals surface area contributed by atoms with Gasteiger partial charge in [0.05, 0.1) is 18.2 Å². The van der Waals surface area contributed by atoms with E-state index >= 15 is 0 Å². The predicted octanol–water partition coefficient (Wildman–Crippen LogP) is 2.87. The van der Waals surface area contributed by atoms with Crippen LogP contribution in [-0.2, 0) is 0 Å². The fraction of sp³-hybridized carbons (Fsp3) is 0.182. The Morgan fingerprint density at radius 1 is 1.41 bits per heavy atom. The maximum absolute atomic E-state index is 12.8. The topological polar surface area (TPSA) is 61.3 Å². The van der Waals surface area contributed by atoms with Crippen LogP contribution in [0.25, 0.3) is 11.3 Å². The third-order valence-electron chi connectivity index (χ3n) is 2.28. The van der Waals surface area contributed by atoms with Gasteiger partial charge in [0.15, 0.2) is 11.6 Å². The Kier molecular flexibility index (Phi) is 2.95. The van der Waals surface area contributed by atoms with Gasteiger partial charge in [-0.2, -0.15) is 0 Å². The highest BCUT2D eigenvalue weighted by Crippen LogP contribution is 2.38. The van der Waals surface area contributed by atoms with Crippen molar-refractivity contribution in [3.8, 4) is 17.1 Å². The molecule has 4 nitrogen and oxygen atoms in total. The molecule has 0 amide bonds. The van der Waals surface area contributed by atoms with E-state index in [-0.39, 0.29) is 17.1 Å².